The van der Waals surface area contributed by atoms with Gasteiger partial charge in [0, 0.05) is 11.0 Å². The number of phenols is 1. The van der Waals surface area contributed by atoms with Gasteiger partial charge in [-0.15, -0.1) is 0 Å². The highest BCUT2D eigenvalue weighted by atomic mass is 79.9. The molecule has 0 saturated heterocycles. The first kappa shape index (κ1) is 18.8. The number of nitrogens with zero attached hydrogens (tertiary/aromatic N) is 1. The van der Waals surface area contributed by atoms with Crippen molar-refractivity contribution >= 4 is 27.6 Å². The van der Waals surface area contributed by atoms with E-state index in [1.807, 2.05) is 6.07 Å². The molecule has 3 rings (SSSR count). The summed E-state index contributed by atoms with van der Waals surface area (Å²) in [7, 11) is 0. The second-order valence-electron chi connectivity index (χ2n) is 5.68. The SMILES string of the molecule is CCOC(=O)c1[nH]n(-c2ccccc2)c(=O)c1CNc1cc(Br)ccc1O. The number of carbonyl (C=O) groups excluding carboxylic acids is 1. The van der Waals surface area contributed by atoms with E-state index in [-0.39, 0.29) is 35.7 Å². The number of aromatic nitrogens is 2. The third kappa shape index (κ3) is 4.06. The average molecular weight is 432 g/mol. The average Bonchev–Trinajstić information content (AvgIpc) is 3.00. The van der Waals surface area contributed by atoms with Crippen LogP contribution in [-0.2, 0) is 11.3 Å². The van der Waals surface area contributed by atoms with Crippen LogP contribution in [0.25, 0.3) is 5.69 Å². The first-order chi connectivity index (χ1) is 13.0. The van der Waals surface area contributed by atoms with Crippen LogP contribution >= 0.6 is 15.9 Å². The largest absolute Gasteiger partial charge is 0.506 e. The van der Waals surface area contributed by atoms with Gasteiger partial charge in [-0.1, -0.05) is 34.1 Å². The Kier molecular flexibility index (Phi) is 5.66. The maximum Gasteiger partial charge on any atom is 0.356 e. The Morgan fingerprint density at radius 3 is 2.70 bits per heavy atom. The monoisotopic (exact) mass is 431 g/mol. The number of nitrogens with one attached hydrogen (secondary N) is 2. The number of anilines is 1. The zero-order valence-electron chi connectivity index (χ0n) is 14.5. The van der Waals surface area contributed by atoms with Crippen molar-refractivity contribution in [2.24, 2.45) is 0 Å². The summed E-state index contributed by atoms with van der Waals surface area (Å²) in [6.45, 7) is 1.92. The fourth-order valence-electron chi connectivity index (χ4n) is 2.60. The van der Waals surface area contributed by atoms with E-state index in [0.717, 1.165) is 4.47 Å². The number of hydrogen-bond acceptors (Lipinski definition) is 5. The van der Waals surface area contributed by atoms with Gasteiger partial charge in [-0.2, -0.15) is 0 Å². The molecule has 27 heavy (non-hydrogen) atoms. The molecule has 0 fully saturated rings. The molecule has 0 aliphatic carbocycles. The predicted molar refractivity (Wildman–Crippen MR) is 105 cm³/mol. The molecule has 1 aromatic heterocycles. The molecule has 0 amide bonds. The van der Waals surface area contributed by atoms with Crippen molar-refractivity contribution in [1.82, 2.24) is 9.78 Å². The molecule has 0 spiro atoms. The van der Waals surface area contributed by atoms with Crippen molar-refractivity contribution in [3.05, 3.63) is 74.6 Å². The standard InChI is InChI=1S/C19H18BrN3O4/c1-2-27-19(26)17-14(11-21-15-10-12(20)8-9-16(15)24)18(25)23(22-17)13-6-4-3-5-7-13/h3-10,21-22,24H,2,11H2,1H3. The fourth-order valence-corrected chi connectivity index (χ4v) is 2.96. The van der Waals surface area contributed by atoms with Crippen LogP contribution in [0.1, 0.15) is 23.0 Å². The summed E-state index contributed by atoms with van der Waals surface area (Å²) >= 11 is 3.33. The number of hydrogen-bond donors (Lipinski definition) is 3. The van der Waals surface area contributed by atoms with E-state index in [1.54, 1.807) is 43.3 Å². The second-order valence-corrected chi connectivity index (χ2v) is 6.59. The van der Waals surface area contributed by atoms with Crippen molar-refractivity contribution < 1.29 is 14.6 Å². The molecule has 2 aromatic carbocycles. The van der Waals surface area contributed by atoms with E-state index in [9.17, 15) is 14.7 Å². The molecule has 0 saturated carbocycles. The first-order valence-electron chi connectivity index (χ1n) is 8.30. The van der Waals surface area contributed by atoms with Crippen molar-refractivity contribution in [3.63, 3.8) is 0 Å². The number of aromatic amines is 1. The summed E-state index contributed by atoms with van der Waals surface area (Å²) in [6.07, 6.45) is 0. The van der Waals surface area contributed by atoms with E-state index in [4.69, 9.17) is 4.74 Å². The Bertz CT molecular complexity index is 1010. The Balaban J connectivity index is 1.99. The number of rotatable bonds is 6. The molecule has 0 radical (unpaired) electrons. The number of para-hydroxylation sites is 1. The minimum atomic E-state index is -0.612. The van der Waals surface area contributed by atoms with E-state index < -0.39 is 5.97 Å². The number of benzene rings is 2. The fraction of sp³-hybridized carbons (Fsp3) is 0.158. The Hall–Kier alpha value is -3.00. The number of halogens is 1. The molecule has 7 nitrogen and oxygen atoms in total. The van der Waals surface area contributed by atoms with Crippen molar-refractivity contribution in [2.45, 2.75) is 13.5 Å². The maximum atomic E-state index is 12.9. The van der Waals surface area contributed by atoms with Gasteiger partial charge in [0.05, 0.1) is 23.5 Å². The lowest BCUT2D eigenvalue weighted by Crippen LogP contribution is -2.19. The van der Waals surface area contributed by atoms with Crippen LogP contribution in [0.4, 0.5) is 5.69 Å². The second kappa shape index (κ2) is 8.13. The summed E-state index contributed by atoms with van der Waals surface area (Å²) < 4.78 is 7.12. The molecule has 0 unspecified atom stereocenters. The lowest BCUT2D eigenvalue weighted by atomic mass is 10.2. The highest BCUT2D eigenvalue weighted by Crippen LogP contribution is 2.27. The molecule has 8 heteroatoms. The highest BCUT2D eigenvalue weighted by Gasteiger charge is 2.22. The van der Waals surface area contributed by atoms with Gasteiger partial charge in [0.2, 0.25) is 0 Å². The smallest absolute Gasteiger partial charge is 0.356 e. The molecule has 0 aliphatic heterocycles. The lowest BCUT2D eigenvalue weighted by Gasteiger charge is -2.08. The van der Waals surface area contributed by atoms with Crippen molar-refractivity contribution in [1.29, 1.82) is 0 Å². The maximum absolute atomic E-state index is 12.9. The Labute approximate surface area is 163 Å². The van der Waals surface area contributed by atoms with E-state index in [0.29, 0.717) is 11.4 Å². The number of phenolic OH excluding ortho intramolecular Hbond substituents is 1. The molecule has 1 heterocycles. The number of carbonyl (C=O) groups is 1. The number of H-pyrrole nitrogens is 1. The summed E-state index contributed by atoms with van der Waals surface area (Å²) in [6, 6.07) is 13.8. The third-order valence-electron chi connectivity index (χ3n) is 3.89. The van der Waals surface area contributed by atoms with Gasteiger partial charge in [-0.05, 0) is 37.3 Å². The molecular weight excluding hydrogens is 414 g/mol. The first-order valence-corrected chi connectivity index (χ1v) is 9.09. The Morgan fingerprint density at radius 2 is 2.00 bits per heavy atom. The topological polar surface area (TPSA) is 96.4 Å². The quantitative estimate of drug-likeness (QED) is 0.410. The van der Waals surface area contributed by atoms with Crippen LogP contribution in [0.5, 0.6) is 5.75 Å². The summed E-state index contributed by atoms with van der Waals surface area (Å²) in [5.41, 5.74) is 0.964. The van der Waals surface area contributed by atoms with Crippen molar-refractivity contribution in [3.8, 4) is 11.4 Å². The molecule has 3 aromatic rings. The van der Waals surface area contributed by atoms with Crippen LogP contribution in [0.2, 0.25) is 0 Å². The predicted octanol–water partition coefficient (Wildman–Crippen LogP) is 3.42. The number of ether oxygens (including phenoxy) is 1. The summed E-state index contributed by atoms with van der Waals surface area (Å²) in [5, 5.41) is 15.8. The minimum Gasteiger partial charge on any atom is -0.506 e. The van der Waals surface area contributed by atoms with Gasteiger partial charge in [0.1, 0.15) is 5.75 Å². The Morgan fingerprint density at radius 1 is 1.26 bits per heavy atom. The van der Waals surface area contributed by atoms with E-state index in [2.05, 4.69) is 26.3 Å². The van der Waals surface area contributed by atoms with Crippen LogP contribution < -0.4 is 10.9 Å². The lowest BCUT2D eigenvalue weighted by molar-refractivity contribution is 0.0517. The van der Waals surface area contributed by atoms with Crippen LogP contribution in [0, 0.1) is 0 Å². The van der Waals surface area contributed by atoms with E-state index >= 15 is 0 Å². The van der Waals surface area contributed by atoms with Gasteiger partial charge >= 0.3 is 5.97 Å². The zero-order valence-corrected chi connectivity index (χ0v) is 16.1. The van der Waals surface area contributed by atoms with Gasteiger partial charge in [-0.25, -0.2) is 9.48 Å². The van der Waals surface area contributed by atoms with E-state index in [1.165, 1.54) is 10.7 Å². The minimum absolute atomic E-state index is 0.0350. The van der Waals surface area contributed by atoms with Gasteiger partial charge in [0.25, 0.3) is 5.56 Å². The summed E-state index contributed by atoms with van der Waals surface area (Å²) in [4.78, 5) is 25.2. The zero-order chi connectivity index (χ0) is 19.4. The number of esters is 1. The highest BCUT2D eigenvalue weighted by molar-refractivity contribution is 9.10. The molecule has 0 bridgehead atoms. The van der Waals surface area contributed by atoms with Crippen LogP contribution in [0.3, 0.4) is 0 Å². The molecule has 0 aliphatic rings. The van der Waals surface area contributed by atoms with Crippen LogP contribution in [-0.4, -0.2) is 27.5 Å². The van der Waals surface area contributed by atoms with Crippen LogP contribution in [0.15, 0.2) is 57.8 Å². The number of aromatic hydroxyl groups is 1. The van der Waals surface area contributed by atoms with Crippen molar-refractivity contribution in [2.75, 3.05) is 11.9 Å². The molecule has 0 atom stereocenters. The van der Waals surface area contributed by atoms with Gasteiger partial charge in [-0.3, -0.25) is 9.89 Å². The third-order valence-corrected chi connectivity index (χ3v) is 4.39. The van der Waals surface area contributed by atoms with Gasteiger partial charge in [0.15, 0.2) is 5.69 Å². The molecular formula is C19H18BrN3O4. The summed E-state index contributed by atoms with van der Waals surface area (Å²) in [5.74, 6) is -0.575. The normalized spacial score (nSPS) is 10.6. The molecule has 140 valence electrons. The van der Waals surface area contributed by atoms with Gasteiger partial charge < -0.3 is 15.2 Å². The molecule has 3 N–H and O–H groups in total.